The Kier molecular flexibility index (Phi) is 7.85. The zero-order valence-corrected chi connectivity index (χ0v) is 21.5. The molecule has 5 rings (SSSR count). The molecule has 7 heteroatoms. The number of likely N-dealkylation sites (tertiary alicyclic amines) is 1. The predicted molar refractivity (Wildman–Crippen MR) is 142 cm³/mol. The molecule has 192 valence electrons. The van der Waals surface area contributed by atoms with Gasteiger partial charge < -0.3 is 9.47 Å². The number of carbonyl (C=O) groups excluding carboxylic acids is 1. The summed E-state index contributed by atoms with van der Waals surface area (Å²) >= 11 is 0. The van der Waals surface area contributed by atoms with Crippen LogP contribution >= 0.6 is 0 Å². The van der Waals surface area contributed by atoms with E-state index in [0.717, 1.165) is 87.6 Å². The van der Waals surface area contributed by atoms with Gasteiger partial charge in [-0.3, -0.25) is 19.6 Å². The fourth-order valence-electron chi connectivity index (χ4n) is 6.08. The molecule has 3 aromatic rings. The minimum absolute atomic E-state index is 0.00250. The Balaban J connectivity index is 1.27. The van der Waals surface area contributed by atoms with Crippen molar-refractivity contribution in [2.24, 2.45) is 18.9 Å². The summed E-state index contributed by atoms with van der Waals surface area (Å²) in [6, 6.07) is 9.97. The lowest BCUT2D eigenvalue weighted by Crippen LogP contribution is -2.40. The van der Waals surface area contributed by atoms with E-state index in [4.69, 9.17) is 0 Å². The maximum atomic E-state index is 13.7. The first-order valence-corrected chi connectivity index (χ1v) is 13.6. The number of H-pyrrole nitrogens is 1. The standard InChI is InChI=1S/C29H39N5O2/c1-32-27-10-6-5-9-25(27)17-26(28(32)35)21-34(29(36)24-7-3-2-4-8-24)16-13-22-11-14-33(15-12-22)20-23-18-30-31-19-23/h5-6,9-10,17-19,22,24H,2-4,7-8,11-16,20-21H2,1H3,(H,30,31). The number of nitrogens with zero attached hydrogens (tertiary/aromatic N) is 4. The zero-order chi connectivity index (χ0) is 24.9. The largest absolute Gasteiger partial charge is 0.338 e. The lowest BCUT2D eigenvalue weighted by molar-refractivity contribution is -0.137. The lowest BCUT2D eigenvalue weighted by atomic mass is 9.87. The average Bonchev–Trinajstić information content (AvgIpc) is 3.43. The van der Waals surface area contributed by atoms with Crippen molar-refractivity contribution in [2.45, 2.75) is 64.5 Å². The van der Waals surface area contributed by atoms with Crippen molar-refractivity contribution in [1.82, 2.24) is 24.6 Å². The normalized spacial score (nSPS) is 18.0. The molecule has 36 heavy (non-hydrogen) atoms. The van der Waals surface area contributed by atoms with Gasteiger partial charge in [0.05, 0.1) is 18.3 Å². The van der Waals surface area contributed by atoms with E-state index in [2.05, 4.69) is 15.1 Å². The van der Waals surface area contributed by atoms with Crippen LogP contribution in [0.1, 0.15) is 62.5 Å². The molecule has 1 aliphatic carbocycles. The number of nitrogens with one attached hydrogen (secondary N) is 1. The van der Waals surface area contributed by atoms with Crippen molar-refractivity contribution in [3.8, 4) is 0 Å². The molecule has 3 heterocycles. The molecule has 1 N–H and O–H groups in total. The van der Waals surface area contributed by atoms with Crippen molar-refractivity contribution < 1.29 is 4.79 Å². The van der Waals surface area contributed by atoms with E-state index in [9.17, 15) is 9.59 Å². The van der Waals surface area contributed by atoms with Gasteiger partial charge in [-0.25, -0.2) is 0 Å². The van der Waals surface area contributed by atoms with E-state index in [1.807, 2.05) is 54.7 Å². The zero-order valence-electron chi connectivity index (χ0n) is 21.5. The van der Waals surface area contributed by atoms with Crippen LogP contribution in [0.4, 0.5) is 0 Å². The lowest BCUT2D eigenvalue weighted by Gasteiger charge is -2.34. The highest BCUT2D eigenvalue weighted by atomic mass is 16.2. The maximum absolute atomic E-state index is 13.7. The second kappa shape index (κ2) is 11.4. The number of hydrogen-bond donors (Lipinski definition) is 1. The van der Waals surface area contributed by atoms with E-state index in [0.29, 0.717) is 12.5 Å². The minimum Gasteiger partial charge on any atom is -0.338 e. The SMILES string of the molecule is Cn1c(=O)c(CN(CCC2CCN(Cc3cn[nH]c3)CC2)C(=O)C2CCCCC2)cc2ccccc21. The van der Waals surface area contributed by atoms with Crippen LogP contribution in [0.25, 0.3) is 10.9 Å². The van der Waals surface area contributed by atoms with Crippen LogP contribution in [0.15, 0.2) is 47.5 Å². The second-order valence-corrected chi connectivity index (χ2v) is 10.8. The van der Waals surface area contributed by atoms with Crippen LogP contribution in [-0.4, -0.2) is 50.1 Å². The first kappa shape index (κ1) is 24.8. The number of fused-ring (bicyclic) bond motifs is 1. The number of benzene rings is 1. The summed E-state index contributed by atoms with van der Waals surface area (Å²) in [4.78, 5) is 31.4. The van der Waals surface area contributed by atoms with Gasteiger partial charge in [0.2, 0.25) is 5.91 Å². The molecule has 1 saturated heterocycles. The summed E-state index contributed by atoms with van der Waals surface area (Å²) < 4.78 is 1.73. The Morgan fingerprint density at radius 1 is 1.11 bits per heavy atom. The van der Waals surface area contributed by atoms with E-state index in [1.165, 1.54) is 12.0 Å². The third kappa shape index (κ3) is 5.72. The predicted octanol–water partition coefficient (Wildman–Crippen LogP) is 4.47. The summed E-state index contributed by atoms with van der Waals surface area (Å²) in [6.07, 6.45) is 12.7. The summed E-state index contributed by atoms with van der Waals surface area (Å²) in [5, 5.41) is 8.00. The summed E-state index contributed by atoms with van der Waals surface area (Å²) in [5.74, 6) is 0.980. The van der Waals surface area contributed by atoms with E-state index >= 15 is 0 Å². The van der Waals surface area contributed by atoms with Gasteiger partial charge in [0.15, 0.2) is 0 Å². The quantitative estimate of drug-likeness (QED) is 0.507. The molecule has 2 aliphatic rings. The molecule has 2 fully saturated rings. The summed E-state index contributed by atoms with van der Waals surface area (Å²) in [6.45, 7) is 4.25. The van der Waals surface area contributed by atoms with Crippen molar-refractivity contribution >= 4 is 16.8 Å². The third-order valence-corrected chi connectivity index (χ3v) is 8.31. The topological polar surface area (TPSA) is 74.2 Å². The van der Waals surface area contributed by atoms with Gasteiger partial charge >= 0.3 is 0 Å². The van der Waals surface area contributed by atoms with Crippen molar-refractivity contribution in [2.75, 3.05) is 19.6 Å². The number of rotatable bonds is 8. The molecule has 1 saturated carbocycles. The molecule has 1 aliphatic heterocycles. The second-order valence-electron chi connectivity index (χ2n) is 10.8. The van der Waals surface area contributed by atoms with Crippen molar-refractivity contribution in [3.05, 3.63) is 64.2 Å². The molecule has 2 aromatic heterocycles. The molecule has 1 amide bonds. The van der Waals surface area contributed by atoms with Crippen LogP contribution in [0.5, 0.6) is 0 Å². The van der Waals surface area contributed by atoms with Gasteiger partial charge in [0.1, 0.15) is 0 Å². The van der Waals surface area contributed by atoms with Crippen molar-refractivity contribution in [1.29, 1.82) is 0 Å². The number of hydrogen-bond acceptors (Lipinski definition) is 4. The van der Waals surface area contributed by atoms with Gasteiger partial charge in [0.25, 0.3) is 5.56 Å². The van der Waals surface area contributed by atoms with Gasteiger partial charge in [-0.2, -0.15) is 5.10 Å². The Bertz CT molecular complexity index is 1200. The first-order valence-electron chi connectivity index (χ1n) is 13.6. The van der Waals surface area contributed by atoms with Gasteiger partial charge in [-0.1, -0.05) is 37.5 Å². The molecular formula is C29H39N5O2. The number of aromatic amines is 1. The fourth-order valence-corrected chi connectivity index (χ4v) is 6.08. The highest BCUT2D eigenvalue weighted by Crippen LogP contribution is 2.28. The Morgan fingerprint density at radius 2 is 1.89 bits per heavy atom. The number of pyridine rings is 1. The summed E-state index contributed by atoms with van der Waals surface area (Å²) in [5.41, 5.74) is 2.88. The van der Waals surface area contributed by atoms with E-state index in [1.54, 1.807) is 4.57 Å². The van der Waals surface area contributed by atoms with Gasteiger partial charge in [-0.15, -0.1) is 0 Å². The van der Waals surface area contributed by atoms with Crippen LogP contribution in [-0.2, 0) is 24.9 Å². The molecular weight excluding hydrogens is 450 g/mol. The molecule has 0 atom stereocenters. The maximum Gasteiger partial charge on any atom is 0.255 e. The van der Waals surface area contributed by atoms with Gasteiger partial charge in [0, 0.05) is 43.4 Å². The molecule has 0 radical (unpaired) electrons. The number of piperidine rings is 1. The monoisotopic (exact) mass is 489 g/mol. The molecule has 0 bridgehead atoms. The highest BCUT2D eigenvalue weighted by Gasteiger charge is 2.28. The number of aromatic nitrogens is 3. The third-order valence-electron chi connectivity index (χ3n) is 8.31. The Morgan fingerprint density at radius 3 is 2.64 bits per heavy atom. The number of para-hydroxylation sites is 1. The number of amides is 1. The van der Waals surface area contributed by atoms with Crippen LogP contribution in [0, 0.1) is 11.8 Å². The van der Waals surface area contributed by atoms with E-state index < -0.39 is 0 Å². The number of aryl methyl sites for hydroxylation is 1. The summed E-state index contributed by atoms with van der Waals surface area (Å²) in [7, 11) is 1.83. The Hall–Kier alpha value is -2.93. The van der Waals surface area contributed by atoms with Crippen LogP contribution < -0.4 is 5.56 Å². The molecule has 1 aromatic carbocycles. The number of carbonyl (C=O) groups is 1. The Labute approximate surface area is 213 Å². The van der Waals surface area contributed by atoms with Crippen molar-refractivity contribution in [3.63, 3.8) is 0 Å². The minimum atomic E-state index is 0.00250. The molecule has 0 unspecified atom stereocenters. The van der Waals surface area contributed by atoms with Crippen LogP contribution in [0.2, 0.25) is 0 Å². The van der Waals surface area contributed by atoms with Gasteiger partial charge in [-0.05, 0) is 68.6 Å². The highest BCUT2D eigenvalue weighted by molar-refractivity contribution is 5.81. The van der Waals surface area contributed by atoms with E-state index in [-0.39, 0.29) is 17.4 Å². The fraction of sp³-hybridized carbons (Fsp3) is 0.552. The molecule has 7 nitrogen and oxygen atoms in total. The first-order chi connectivity index (χ1) is 17.6. The average molecular weight is 490 g/mol. The molecule has 0 spiro atoms. The van der Waals surface area contributed by atoms with Crippen LogP contribution in [0.3, 0.4) is 0 Å². The smallest absolute Gasteiger partial charge is 0.255 e.